The van der Waals surface area contributed by atoms with E-state index in [0.29, 0.717) is 12.1 Å². The first-order valence-corrected chi connectivity index (χ1v) is 9.29. The van der Waals surface area contributed by atoms with Crippen LogP contribution in [0.5, 0.6) is 0 Å². The van der Waals surface area contributed by atoms with Crippen molar-refractivity contribution in [3.63, 3.8) is 0 Å². The van der Waals surface area contributed by atoms with Crippen LogP contribution in [0.25, 0.3) is 0 Å². The van der Waals surface area contributed by atoms with E-state index in [0.717, 1.165) is 12.2 Å². The average Bonchev–Trinajstić information content (AvgIpc) is 3.06. The van der Waals surface area contributed by atoms with Crippen molar-refractivity contribution in [2.75, 3.05) is 32.7 Å². The van der Waals surface area contributed by atoms with E-state index in [1.54, 1.807) is 9.80 Å². The number of rotatable bonds is 5. The lowest BCUT2D eigenvalue weighted by atomic mass is 9.95. The maximum absolute atomic E-state index is 4.45. The Balaban J connectivity index is 1.72. The van der Waals surface area contributed by atoms with Gasteiger partial charge in [-0.05, 0) is 30.2 Å². The zero-order valence-corrected chi connectivity index (χ0v) is 14.2. The van der Waals surface area contributed by atoms with Crippen molar-refractivity contribution in [2.45, 2.75) is 64.5 Å². The van der Waals surface area contributed by atoms with Crippen LogP contribution in [-0.4, -0.2) is 52.9 Å². The number of hydrogen-bond acceptors (Lipinski definition) is 3. The zero-order valence-electron chi connectivity index (χ0n) is 14.2. The molecule has 1 aromatic rings. The molecule has 1 saturated heterocycles. The van der Waals surface area contributed by atoms with E-state index in [9.17, 15) is 0 Å². The molecule has 2 N–H and O–H groups in total. The number of piperazine rings is 1. The van der Waals surface area contributed by atoms with Crippen LogP contribution < -0.4 is 9.80 Å². The molecular weight excluding hydrogens is 276 g/mol. The molecule has 6 nitrogen and oxygen atoms in total. The van der Waals surface area contributed by atoms with Crippen LogP contribution in [0.1, 0.15) is 70.3 Å². The minimum Gasteiger partial charge on any atom is -0.326 e. The third-order valence-electron chi connectivity index (χ3n) is 5.75. The lowest BCUT2D eigenvalue weighted by molar-refractivity contribution is -1.03. The molecule has 0 amide bonds. The molecule has 1 atom stereocenters. The van der Waals surface area contributed by atoms with Gasteiger partial charge in [-0.1, -0.05) is 26.2 Å². The van der Waals surface area contributed by atoms with Gasteiger partial charge in [-0.3, -0.25) is 0 Å². The van der Waals surface area contributed by atoms with Crippen molar-refractivity contribution in [2.24, 2.45) is 0 Å². The largest absolute Gasteiger partial charge is 0.326 e. The van der Waals surface area contributed by atoms with Crippen LogP contribution in [0.2, 0.25) is 0 Å². The molecule has 2 aliphatic rings. The Labute approximate surface area is 133 Å². The number of hydrogen-bond donors (Lipinski definition) is 2. The average molecular weight is 308 g/mol. The van der Waals surface area contributed by atoms with Crippen molar-refractivity contribution in [3.8, 4) is 0 Å². The van der Waals surface area contributed by atoms with Gasteiger partial charge in [-0.2, -0.15) is 0 Å². The summed E-state index contributed by atoms with van der Waals surface area (Å²) in [6, 6.07) is 1.00. The summed E-state index contributed by atoms with van der Waals surface area (Å²) in [4.78, 5) is 3.43. The van der Waals surface area contributed by atoms with E-state index in [2.05, 4.69) is 34.1 Å². The summed E-state index contributed by atoms with van der Waals surface area (Å²) >= 11 is 0. The van der Waals surface area contributed by atoms with Gasteiger partial charge in [0.05, 0.1) is 12.6 Å². The van der Waals surface area contributed by atoms with Crippen molar-refractivity contribution >= 4 is 0 Å². The second-order valence-corrected chi connectivity index (χ2v) is 7.00. The first-order chi connectivity index (χ1) is 10.8. The number of likely N-dealkylation sites (N-methyl/N-ethyl adjacent to an activating group) is 1. The van der Waals surface area contributed by atoms with E-state index < -0.39 is 0 Å². The van der Waals surface area contributed by atoms with Crippen LogP contribution in [0.15, 0.2) is 0 Å². The van der Waals surface area contributed by atoms with Crippen molar-refractivity contribution in [3.05, 3.63) is 5.82 Å². The molecule has 1 aliphatic heterocycles. The van der Waals surface area contributed by atoms with Gasteiger partial charge in [-0.15, -0.1) is 5.10 Å². The van der Waals surface area contributed by atoms with Crippen LogP contribution >= 0.6 is 0 Å². The second-order valence-electron chi connectivity index (χ2n) is 7.00. The molecule has 1 aliphatic carbocycles. The predicted molar refractivity (Wildman–Crippen MR) is 84.9 cm³/mol. The highest BCUT2D eigenvalue weighted by Gasteiger charge is 2.34. The number of nitrogens with zero attached hydrogens (tertiary/aromatic N) is 4. The van der Waals surface area contributed by atoms with Gasteiger partial charge in [0.15, 0.2) is 0 Å². The minimum absolute atomic E-state index is 0.468. The van der Waals surface area contributed by atoms with Crippen molar-refractivity contribution in [1.82, 2.24) is 20.2 Å². The number of tetrazole rings is 1. The van der Waals surface area contributed by atoms with Crippen LogP contribution in [0.3, 0.4) is 0 Å². The Morgan fingerprint density at radius 2 is 1.82 bits per heavy atom. The van der Waals surface area contributed by atoms with Gasteiger partial charge in [0.1, 0.15) is 32.2 Å². The van der Waals surface area contributed by atoms with Crippen LogP contribution in [-0.2, 0) is 0 Å². The topological polar surface area (TPSA) is 52.5 Å². The molecule has 2 fully saturated rings. The molecule has 6 heteroatoms. The number of quaternary nitrogens is 2. The van der Waals surface area contributed by atoms with Crippen LogP contribution in [0, 0.1) is 0 Å². The molecule has 2 heterocycles. The zero-order chi connectivity index (χ0) is 15.4. The van der Waals surface area contributed by atoms with Gasteiger partial charge in [0.25, 0.3) is 0 Å². The smallest absolute Gasteiger partial charge is 0.209 e. The molecular formula is C16H32N6+2. The standard InChI is InChI=1S/C16H30N6/c1-3-15(21-12-10-20(4-2)11-13-21)16-17-18-19-22(16)14-8-6-5-7-9-14/h14-15H,3-13H2,1-2H3/p+2/t15-/m0/s1. The molecule has 22 heavy (non-hydrogen) atoms. The summed E-state index contributed by atoms with van der Waals surface area (Å²) in [6.07, 6.45) is 7.65. The monoisotopic (exact) mass is 308 g/mol. The summed E-state index contributed by atoms with van der Waals surface area (Å²) in [5.41, 5.74) is 0. The fraction of sp³-hybridized carbons (Fsp3) is 0.938. The van der Waals surface area contributed by atoms with E-state index in [4.69, 9.17) is 0 Å². The summed E-state index contributed by atoms with van der Waals surface area (Å²) in [5, 5.41) is 12.9. The quantitative estimate of drug-likeness (QED) is 0.766. The maximum atomic E-state index is 4.45. The first kappa shape index (κ1) is 15.9. The highest BCUT2D eigenvalue weighted by Crippen LogP contribution is 2.29. The number of nitrogens with one attached hydrogen (secondary N) is 2. The highest BCUT2D eigenvalue weighted by molar-refractivity contribution is 4.90. The molecule has 0 bridgehead atoms. The Kier molecular flexibility index (Phi) is 5.41. The summed E-state index contributed by atoms with van der Waals surface area (Å²) in [5.74, 6) is 1.14. The molecule has 0 aromatic carbocycles. The molecule has 0 radical (unpaired) electrons. The second kappa shape index (κ2) is 7.51. The lowest BCUT2D eigenvalue weighted by Crippen LogP contribution is -3.28. The summed E-state index contributed by atoms with van der Waals surface area (Å²) in [6.45, 7) is 10.9. The molecule has 0 unspecified atom stereocenters. The van der Waals surface area contributed by atoms with Gasteiger partial charge >= 0.3 is 0 Å². The van der Waals surface area contributed by atoms with Gasteiger partial charge in [0, 0.05) is 6.42 Å². The normalized spacial score (nSPS) is 28.6. The maximum Gasteiger partial charge on any atom is 0.209 e. The molecule has 1 saturated carbocycles. The lowest BCUT2D eigenvalue weighted by Gasteiger charge is -2.34. The molecule has 1 aromatic heterocycles. The van der Waals surface area contributed by atoms with Gasteiger partial charge in [-0.25, -0.2) is 4.68 Å². The first-order valence-electron chi connectivity index (χ1n) is 9.29. The van der Waals surface area contributed by atoms with Gasteiger partial charge < -0.3 is 9.80 Å². The van der Waals surface area contributed by atoms with Crippen LogP contribution in [0.4, 0.5) is 0 Å². The number of aromatic nitrogens is 4. The minimum atomic E-state index is 0.468. The molecule has 3 rings (SSSR count). The van der Waals surface area contributed by atoms with E-state index in [1.165, 1.54) is 64.8 Å². The Bertz CT molecular complexity index is 445. The Morgan fingerprint density at radius 1 is 1.09 bits per heavy atom. The highest BCUT2D eigenvalue weighted by atomic mass is 15.6. The predicted octanol–water partition coefficient (Wildman–Crippen LogP) is -0.567. The van der Waals surface area contributed by atoms with E-state index in [-0.39, 0.29) is 0 Å². The van der Waals surface area contributed by atoms with Gasteiger partial charge in [0.2, 0.25) is 5.82 Å². The molecule has 0 spiro atoms. The van der Waals surface area contributed by atoms with Crippen molar-refractivity contribution < 1.29 is 9.80 Å². The fourth-order valence-corrected chi connectivity index (χ4v) is 4.30. The Hall–Kier alpha value is -1.01. The van der Waals surface area contributed by atoms with Crippen molar-refractivity contribution in [1.29, 1.82) is 0 Å². The molecule has 124 valence electrons. The summed E-state index contributed by atoms with van der Waals surface area (Å²) in [7, 11) is 0. The third-order valence-corrected chi connectivity index (χ3v) is 5.75. The fourth-order valence-electron chi connectivity index (χ4n) is 4.30. The SMILES string of the molecule is CC[C@@H](c1nnnn1C1CCCCC1)[NH+]1CC[NH+](CC)CC1. The Morgan fingerprint density at radius 3 is 2.45 bits per heavy atom. The summed E-state index contributed by atoms with van der Waals surface area (Å²) < 4.78 is 2.18. The van der Waals surface area contributed by atoms with E-state index in [1.807, 2.05) is 0 Å². The van der Waals surface area contributed by atoms with E-state index >= 15 is 0 Å². The third kappa shape index (κ3) is 3.33.